The fourth-order valence-electron chi connectivity index (χ4n) is 3.42. The van der Waals surface area contributed by atoms with Gasteiger partial charge in [0.2, 0.25) is 0 Å². The van der Waals surface area contributed by atoms with E-state index in [0.717, 1.165) is 24.4 Å². The molecule has 3 rings (SSSR count). The summed E-state index contributed by atoms with van der Waals surface area (Å²) < 4.78 is 11.4. The third kappa shape index (κ3) is 3.00. The lowest BCUT2D eigenvalue weighted by Crippen LogP contribution is -2.68. The van der Waals surface area contributed by atoms with Crippen molar-refractivity contribution in [3.63, 3.8) is 0 Å². The van der Waals surface area contributed by atoms with Gasteiger partial charge in [0.25, 0.3) is 0 Å². The minimum Gasteiger partial charge on any atom is -0.493 e. The Morgan fingerprint density at radius 2 is 2.08 bits per heavy atom. The van der Waals surface area contributed by atoms with E-state index in [4.69, 9.17) is 21.1 Å². The van der Waals surface area contributed by atoms with Gasteiger partial charge < -0.3 is 19.7 Å². The monoisotopic (exact) mass is 353 g/mol. The van der Waals surface area contributed by atoms with Crippen molar-refractivity contribution in [1.82, 2.24) is 15.1 Å². The van der Waals surface area contributed by atoms with E-state index in [0.29, 0.717) is 23.9 Å². The third-order valence-electron chi connectivity index (χ3n) is 4.68. The average molecular weight is 354 g/mol. The molecule has 0 radical (unpaired) electrons. The molecule has 0 unspecified atom stereocenters. The Kier molecular flexibility index (Phi) is 4.53. The number of likely N-dealkylation sites (tertiary alicyclic amines) is 1. The van der Waals surface area contributed by atoms with Crippen LogP contribution >= 0.6 is 11.6 Å². The summed E-state index contributed by atoms with van der Waals surface area (Å²) in [6.45, 7) is 7.05. The topological polar surface area (TPSA) is 54.0 Å². The van der Waals surface area contributed by atoms with E-state index in [1.165, 1.54) is 0 Å². The molecule has 24 heavy (non-hydrogen) atoms. The van der Waals surface area contributed by atoms with E-state index < -0.39 is 0 Å². The maximum Gasteiger partial charge on any atom is 0.317 e. The van der Waals surface area contributed by atoms with Gasteiger partial charge in [-0.05, 0) is 19.9 Å². The summed E-state index contributed by atoms with van der Waals surface area (Å²) in [6.07, 6.45) is 0.0457. The van der Waals surface area contributed by atoms with Crippen molar-refractivity contribution in [2.45, 2.75) is 32.0 Å². The molecule has 1 spiro atoms. The zero-order valence-corrected chi connectivity index (χ0v) is 15.3. The van der Waals surface area contributed by atoms with Crippen molar-refractivity contribution in [1.29, 1.82) is 0 Å². The van der Waals surface area contributed by atoms with Gasteiger partial charge in [0, 0.05) is 49.9 Å². The lowest BCUT2D eigenvalue weighted by molar-refractivity contribution is -0.00173. The van der Waals surface area contributed by atoms with Gasteiger partial charge in [0.15, 0.2) is 11.5 Å². The van der Waals surface area contributed by atoms with Crippen LogP contribution in [0.1, 0.15) is 19.4 Å². The number of ether oxygens (including phenoxy) is 2. The second-order valence-corrected chi connectivity index (χ2v) is 7.29. The van der Waals surface area contributed by atoms with E-state index >= 15 is 0 Å². The molecule has 0 aliphatic carbocycles. The molecule has 2 heterocycles. The summed E-state index contributed by atoms with van der Waals surface area (Å²) in [5.74, 6) is 1.39. The number of likely N-dealkylation sites (N-methyl/N-ethyl adjacent to an activating group) is 1. The predicted molar refractivity (Wildman–Crippen MR) is 92.9 cm³/mol. The van der Waals surface area contributed by atoms with Gasteiger partial charge in [0.1, 0.15) is 0 Å². The first kappa shape index (κ1) is 17.2. The van der Waals surface area contributed by atoms with Crippen molar-refractivity contribution in [3.05, 3.63) is 22.7 Å². The normalized spacial score (nSPS) is 19.6. The Bertz CT molecular complexity index is 644. The number of benzene rings is 1. The molecule has 0 bridgehead atoms. The molecule has 2 aliphatic rings. The highest BCUT2D eigenvalue weighted by molar-refractivity contribution is 6.30. The minimum absolute atomic E-state index is 0.00269. The van der Waals surface area contributed by atoms with Crippen LogP contribution in [0.25, 0.3) is 0 Å². The average Bonchev–Trinajstić information content (AvgIpc) is 2.77. The summed E-state index contributed by atoms with van der Waals surface area (Å²) in [6, 6.07) is 3.70. The van der Waals surface area contributed by atoms with Crippen molar-refractivity contribution in [3.8, 4) is 11.5 Å². The Labute approximate surface area is 147 Å². The minimum atomic E-state index is -0.0845. The first-order chi connectivity index (χ1) is 11.3. The molecule has 1 aromatic rings. The van der Waals surface area contributed by atoms with Crippen LogP contribution in [0.4, 0.5) is 4.79 Å². The molecule has 6 nitrogen and oxygen atoms in total. The van der Waals surface area contributed by atoms with Crippen LogP contribution < -0.4 is 14.8 Å². The van der Waals surface area contributed by atoms with E-state index in [9.17, 15) is 4.79 Å². The van der Waals surface area contributed by atoms with Crippen LogP contribution in [0.5, 0.6) is 11.5 Å². The van der Waals surface area contributed by atoms with Gasteiger partial charge in [-0.2, -0.15) is 0 Å². The molecule has 1 aromatic carbocycles. The molecular formula is C17H24ClN3O3. The van der Waals surface area contributed by atoms with Crippen molar-refractivity contribution < 1.29 is 14.3 Å². The largest absolute Gasteiger partial charge is 0.493 e. The van der Waals surface area contributed by atoms with Gasteiger partial charge in [-0.1, -0.05) is 11.6 Å². The van der Waals surface area contributed by atoms with Crippen LogP contribution in [0.15, 0.2) is 12.1 Å². The Morgan fingerprint density at radius 3 is 2.62 bits per heavy atom. The maximum atomic E-state index is 11.7. The zero-order chi connectivity index (χ0) is 17.5. The van der Waals surface area contributed by atoms with E-state index in [2.05, 4.69) is 10.2 Å². The van der Waals surface area contributed by atoms with E-state index in [1.807, 2.05) is 31.9 Å². The molecule has 2 aliphatic heterocycles. The second-order valence-electron chi connectivity index (χ2n) is 6.85. The summed E-state index contributed by atoms with van der Waals surface area (Å²) in [5.41, 5.74) is 0.918. The number of urea groups is 1. The number of carbonyl (C=O) groups excluding carboxylic acids is 1. The highest BCUT2D eigenvalue weighted by Crippen LogP contribution is 2.38. The van der Waals surface area contributed by atoms with Crippen molar-refractivity contribution in [2.24, 2.45) is 0 Å². The van der Waals surface area contributed by atoms with Gasteiger partial charge >= 0.3 is 6.03 Å². The zero-order valence-electron chi connectivity index (χ0n) is 14.6. The molecule has 2 amide bonds. The summed E-state index contributed by atoms with van der Waals surface area (Å²) in [4.78, 5) is 15.8. The molecule has 2 saturated heterocycles. The van der Waals surface area contributed by atoms with Crippen LogP contribution in [-0.4, -0.2) is 61.3 Å². The molecule has 132 valence electrons. The SMILES string of the molecule is COc1cc(Cl)cc(CN2CC3(CNC(=O)N3C)C2)c1OC(C)C. The quantitative estimate of drug-likeness (QED) is 0.882. The fraction of sp³-hybridized carbons (Fsp3) is 0.588. The van der Waals surface area contributed by atoms with Crippen LogP contribution in [0.2, 0.25) is 5.02 Å². The number of carbonyl (C=O) groups is 1. The molecule has 2 fully saturated rings. The van der Waals surface area contributed by atoms with Crippen molar-refractivity contribution in [2.75, 3.05) is 33.8 Å². The molecule has 1 N–H and O–H groups in total. The summed E-state index contributed by atoms with van der Waals surface area (Å²) >= 11 is 6.23. The van der Waals surface area contributed by atoms with Gasteiger partial charge in [0.05, 0.1) is 18.8 Å². The van der Waals surface area contributed by atoms with Crippen LogP contribution in [0.3, 0.4) is 0 Å². The summed E-state index contributed by atoms with van der Waals surface area (Å²) in [5, 5.41) is 3.53. The molecule has 0 atom stereocenters. The molecule has 7 heteroatoms. The number of nitrogens with one attached hydrogen (secondary N) is 1. The smallest absolute Gasteiger partial charge is 0.317 e. The Balaban J connectivity index is 1.76. The highest BCUT2D eigenvalue weighted by atomic mass is 35.5. The Hall–Kier alpha value is -1.66. The first-order valence-electron chi connectivity index (χ1n) is 8.12. The van der Waals surface area contributed by atoms with Crippen LogP contribution in [-0.2, 0) is 6.54 Å². The van der Waals surface area contributed by atoms with E-state index in [-0.39, 0.29) is 17.7 Å². The Morgan fingerprint density at radius 1 is 1.38 bits per heavy atom. The fourth-order valence-corrected chi connectivity index (χ4v) is 3.65. The van der Waals surface area contributed by atoms with Gasteiger partial charge in [-0.15, -0.1) is 0 Å². The molecule has 0 aromatic heterocycles. The standard InChI is InChI=1S/C17H24ClN3O3/c1-11(2)24-15-12(5-13(18)6-14(15)23-4)7-21-9-17(10-21)8-19-16(22)20(17)3/h5-6,11H,7-10H2,1-4H3,(H,19,22). The number of rotatable bonds is 5. The van der Waals surface area contributed by atoms with E-state index in [1.54, 1.807) is 13.2 Å². The van der Waals surface area contributed by atoms with Gasteiger partial charge in [-0.25, -0.2) is 4.79 Å². The predicted octanol–water partition coefficient (Wildman–Crippen LogP) is 2.35. The van der Waals surface area contributed by atoms with Gasteiger partial charge in [-0.3, -0.25) is 4.90 Å². The number of amides is 2. The molecule has 0 saturated carbocycles. The van der Waals surface area contributed by atoms with Crippen molar-refractivity contribution >= 4 is 17.6 Å². The third-order valence-corrected chi connectivity index (χ3v) is 4.90. The number of hydrogen-bond donors (Lipinski definition) is 1. The number of hydrogen-bond acceptors (Lipinski definition) is 4. The highest BCUT2D eigenvalue weighted by Gasteiger charge is 2.51. The second kappa shape index (κ2) is 6.33. The van der Waals surface area contributed by atoms with Crippen LogP contribution in [0, 0.1) is 0 Å². The number of methoxy groups -OCH3 is 1. The number of nitrogens with zero attached hydrogens (tertiary/aromatic N) is 2. The number of halogens is 1. The molecular weight excluding hydrogens is 330 g/mol. The first-order valence-corrected chi connectivity index (χ1v) is 8.49. The summed E-state index contributed by atoms with van der Waals surface area (Å²) in [7, 11) is 3.47. The maximum absolute atomic E-state index is 11.7. The lowest BCUT2D eigenvalue weighted by atomic mass is 9.89. The lowest BCUT2D eigenvalue weighted by Gasteiger charge is -2.50.